The van der Waals surface area contributed by atoms with Crippen molar-refractivity contribution in [1.29, 1.82) is 0 Å². The standard InChI is InChI=1S/C13H13NO3S/c1-17-13-5-3-4-12(14-13)10-6-8-11(9-7-10)18(2,15)16/h3-9H,1-2H3. The summed E-state index contributed by atoms with van der Waals surface area (Å²) in [6.07, 6.45) is 1.19. The molecule has 0 saturated heterocycles. The van der Waals surface area contributed by atoms with Gasteiger partial charge >= 0.3 is 0 Å². The van der Waals surface area contributed by atoms with Crippen molar-refractivity contribution >= 4 is 9.84 Å². The Labute approximate surface area is 106 Å². The van der Waals surface area contributed by atoms with Crippen LogP contribution in [0, 0.1) is 0 Å². The minimum atomic E-state index is -3.16. The van der Waals surface area contributed by atoms with E-state index in [2.05, 4.69) is 4.98 Å². The molecule has 0 aliphatic carbocycles. The SMILES string of the molecule is COc1cccc(-c2ccc(S(C)(=O)=O)cc2)n1. The molecule has 1 aromatic heterocycles. The zero-order valence-electron chi connectivity index (χ0n) is 10.1. The molecular weight excluding hydrogens is 250 g/mol. The minimum Gasteiger partial charge on any atom is -0.481 e. The van der Waals surface area contributed by atoms with E-state index in [1.165, 1.54) is 6.26 Å². The lowest BCUT2D eigenvalue weighted by Crippen LogP contribution is -1.96. The second-order valence-corrected chi connectivity index (χ2v) is 5.88. The summed E-state index contributed by atoms with van der Waals surface area (Å²) in [5.74, 6) is 0.527. The number of hydrogen-bond acceptors (Lipinski definition) is 4. The first-order valence-corrected chi connectivity index (χ1v) is 7.21. The fraction of sp³-hybridized carbons (Fsp3) is 0.154. The number of ether oxygens (including phenoxy) is 1. The van der Waals surface area contributed by atoms with Gasteiger partial charge in [-0.15, -0.1) is 0 Å². The van der Waals surface area contributed by atoms with Gasteiger partial charge in [0.2, 0.25) is 5.88 Å². The Balaban J connectivity index is 2.40. The highest BCUT2D eigenvalue weighted by molar-refractivity contribution is 7.90. The zero-order chi connectivity index (χ0) is 13.2. The molecule has 18 heavy (non-hydrogen) atoms. The first kappa shape index (κ1) is 12.6. The number of rotatable bonds is 3. The lowest BCUT2D eigenvalue weighted by molar-refractivity contribution is 0.398. The van der Waals surface area contributed by atoms with E-state index in [-0.39, 0.29) is 0 Å². The van der Waals surface area contributed by atoms with Gasteiger partial charge in [-0.05, 0) is 18.2 Å². The molecule has 0 atom stereocenters. The van der Waals surface area contributed by atoms with Crippen LogP contribution in [-0.2, 0) is 9.84 Å². The molecule has 0 spiro atoms. The van der Waals surface area contributed by atoms with Gasteiger partial charge in [-0.1, -0.05) is 18.2 Å². The Bertz CT molecular complexity index is 648. The zero-order valence-corrected chi connectivity index (χ0v) is 10.9. The molecule has 5 heteroatoms. The van der Waals surface area contributed by atoms with Gasteiger partial charge in [0.15, 0.2) is 9.84 Å². The lowest BCUT2D eigenvalue weighted by Gasteiger charge is -2.04. The first-order valence-electron chi connectivity index (χ1n) is 5.32. The maximum absolute atomic E-state index is 11.3. The minimum absolute atomic E-state index is 0.300. The Kier molecular flexibility index (Phi) is 3.34. The third-order valence-electron chi connectivity index (χ3n) is 2.51. The van der Waals surface area contributed by atoms with Gasteiger partial charge in [-0.25, -0.2) is 13.4 Å². The van der Waals surface area contributed by atoms with Gasteiger partial charge in [0.1, 0.15) is 0 Å². The molecule has 4 nitrogen and oxygen atoms in total. The maximum atomic E-state index is 11.3. The molecule has 0 fully saturated rings. The van der Waals surface area contributed by atoms with Gasteiger partial charge in [-0.2, -0.15) is 0 Å². The summed E-state index contributed by atoms with van der Waals surface area (Å²) in [7, 11) is -1.61. The predicted octanol–water partition coefficient (Wildman–Crippen LogP) is 2.16. The molecule has 94 valence electrons. The van der Waals surface area contributed by atoms with Crippen molar-refractivity contribution in [1.82, 2.24) is 4.98 Å². The largest absolute Gasteiger partial charge is 0.481 e. The van der Waals surface area contributed by atoms with Gasteiger partial charge in [0.25, 0.3) is 0 Å². The molecule has 0 aliphatic rings. The summed E-state index contributed by atoms with van der Waals surface area (Å²) in [6, 6.07) is 12.1. The normalized spacial score (nSPS) is 11.2. The van der Waals surface area contributed by atoms with Gasteiger partial charge in [-0.3, -0.25) is 0 Å². The average Bonchev–Trinajstić information content (AvgIpc) is 2.38. The lowest BCUT2D eigenvalue weighted by atomic mass is 10.1. The molecule has 0 bridgehead atoms. The Hall–Kier alpha value is -1.88. The summed E-state index contributed by atoms with van der Waals surface area (Å²) < 4.78 is 27.7. The number of aromatic nitrogens is 1. The fourth-order valence-corrected chi connectivity index (χ4v) is 2.19. The third-order valence-corrected chi connectivity index (χ3v) is 3.64. The molecule has 2 aromatic rings. The number of pyridine rings is 1. The second kappa shape index (κ2) is 4.78. The average molecular weight is 263 g/mol. The molecule has 0 saturated carbocycles. The van der Waals surface area contributed by atoms with Crippen molar-refractivity contribution in [3.63, 3.8) is 0 Å². The van der Waals surface area contributed by atoms with Crippen LogP contribution >= 0.6 is 0 Å². The van der Waals surface area contributed by atoms with Crippen LogP contribution < -0.4 is 4.74 Å². The van der Waals surface area contributed by atoms with E-state index in [0.717, 1.165) is 11.3 Å². The number of nitrogens with zero attached hydrogens (tertiary/aromatic N) is 1. The third kappa shape index (κ3) is 2.68. The number of benzene rings is 1. The van der Waals surface area contributed by atoms with E-state index in [1.54, 1.807) is 37.4 Å². The summed E-state index contributed by atoms with van der Waals surface area (Å²) in [6.45, 7) is 0. The van der Waals surface area contributed by atoms with Crippen molar-refractivity contribution in [2.75, 3.05) is 13.4 Å². The molecule has 0 radical (unpaired) electrons. The number of methoxy groups -OCH3 is 1. The molecule has 1 aromatic carbocycles. The second-order valence-electron chi connectivity index (χ2n) is 3.86. The summed E-state index contributed by atoms with van der Waals surface area (Å²) in [4.78, 5) is 4.58. The van der Waals surface area contributed by atoms with Gasteiger partial charge in [0, 0.05) is 17.9 Å². The van der Waals surface area contributed by atoms with E-state index >= 15 is 0 Å². The van der Waals surface area contributed by atoms with Crippen molar-refractivity contribution in [3.05, 3.63) is 42.5 Å². The molecular formula is C13H13NO3S. The molecule has 0 N–H and O–H groups in total. The Morgan fingerprint density at radius 1 is 1.06 bits per heavy atom. The van der Waals surface area contributed by atoms with E-state index in [0.29, 0.717) is 10.8 Å². The van der Waals surface area contributed by atoms with Gasteiger partial charge in [0.05, 0.1) is 17.7 Å². The highest BCUT2D eigenvalue weighted by Crippen LogP contribution is 2.21. The van der Waals surface area contributed by atoms with E-state index in [1.807, 2.05) is 12.1 Å². The van der Waals surface area contributed by atoms with Crippen LogP contribution in [0.4, 0.5) is 0 Å². The number of sulfone groups is 1. The topological polar surface area (TPSA) is 56.3 Å². The van der Waals surface area contributed by atoms with Crippen LogP contribution in [0.2, 0.25) is 0 Å². The van der Waals surface area contributed by atoms with Crippen molar-refractivity contribution in [2.45, 2.75) is 4.90 Å². The van der Waals surface area contributed by atoms with Crippen molar-refractivity contribution in [2.24, 2.45) is 0 Å². The van der Waals surface area contributed by atoms with Crippen molar-refractivity contribution in [3.8, 4) is 17.1 Å². The monoisotopic (exact) mass is 263 g/mol. The fourth-order valence-electron chi connectivity index (χ4n) is 1.56. The highest BCUT2D eigenvalue weighted by Gasteiger charge is 2.07. The van der Waals surface area contributed by atoms with Crippen LogP contribution in [0.25, 0.3) is 11.3 Å². The molecule has 0 aliphatic heterocycles. The van der Waals surface area contributed by atoms with Crippen molar-refractivity contribution < 1.29 is 13.2 Å². The Morgan fingerprint density at radius 3 is 2.28 bits per heavy atom. The molecule has 0 unspecified atom stereocenters. The van der Waals surface area contributed by atoms with Crippen LogP contribution in [0.15, 0.2) is 47.4 Å². The van der Waals surface area contributed by atoms with Gasteiger partial charge < -0.3 is 4.74 Å². The highest BCUT2D eigenvalue weighted by atomic mass is 32.2. The summed E-state index contributed by atoms with van der Waals surface area (Å²) >= 11 is 0. The molecule has 1 heterocycles. The van der Waals surface area contributed by atoms with E-state index in [9.17, 15) is 8.42 Å². The van der Waals surface area contributed by atoms with E-state index < -0.39 is 9.84 Å². The maximum Gasteiger partial charge on any atom is 0.213 e. The van der Waals surface area contributed by atoms with Crippen LogP contribution in [0.5, 0.6) is 5.88 Å². The molecule has 0 amide bonds. The first-order chi connectivity index (χ1) is 8.50. The molecule has 2 rings (SSSR count). The summed E-state index contributed by atoms with van der Waals surface area (Å²) in [5.41, 5.74) is 1.59. The smallest absolute Gasteiger partial charge is 0.213 e. The van der Waals surface area contributed by atoms with E-state index in [4.69, 9.17) is 4.74 Å². The van der Waals surface area contributed by atoms with Crippen LogP contribution in [0.3, 0.4) is 0 Å². The number of hydrogen-bond donors (Lipinski definition) is 0. The Morgan fingerprint density at radius 2 is 1.72 bits per heavy atom. The predicted molar refractivity (Wildman–Crippen MR) is 69.3 cm³/mol. The van der Waals surface area contributed by atoms with Crippen LogP contribution in [0.1, 0.15) is 0 Å². The quantitative estimate of drug-likeness (QED) is 0.851. The van der Waals surface area contributed by atoms with Crippen LogP contribution in [-0.4, -0.2) is 26.8 Å². The summed E-state index contributed by atoms with van der Waals surface area (Å²) in [5, 5.41) is 0.